The normalized spacial score (nSPS) is 12.7. The molecule has 0 radical (unpaired) electrons. The lowest BCUT2D eigenvalue weighted by atomic mass is 9.78. The van der Waals surface area contributed by atoms with E-state index in [4.69, 9.17) is 9.47 Å². The Hall–Kier alpha value is -6.02. The van der Waals surface area contributed by atoms with E-state index in [-0.39, 0.29) is 17.2 Å². The molecular formula is C48H54N2O6. The topological polar surface area (TPSA) is 102 Å². The van der Waals surface area contributed by atoms with Crippen LogP contribution in [0.3, 0.4) is 0 Å². The Morgan fingerprint density at radius 1 is 0.554 bits per heavy atom. The Morgan fingerprint density at radius 2 is 0.964 bits per heavy atom. The van der Waals surface area contributed by atoms with Crippen LogP contribution in [0, 0.1) is 12.8 Å². The number of nitrogens with one attached hydrogen (secondary N) is 1. The van der Waals surface area contributed by atoms with Crippen LogP contribution in [-0.2, 0) is 5.41 Å². The van der Waals surface area contributed by atoms with E-state index in [0.29, 0.717) is 50.9 Å². The number of rotatable bonds is 9. The third kappa shape index (κ3) is 9.43. The number of hydrogen-bond acceptors (Lipinski definition) is 6. The summed E-state index contributed by atoms with van der Waals surface area (Å²) in [7, 11) is 0. The SMILES string of the molecule is CC.CC.CCC(C)CC.Cc1ccc(N2C(=O)c3ccc(Oc4ccc(C(C)(C)c5ccc(Oc6ccc7c(c6)C(=O)NC7=O)cc5)cc4)cc3C2=O)cc1. The predicted octanol–water partition coefficient (Wildman–Crippen LogP) is 12.1. The zero-order valence-electron chi connectivity index (χ0n) is 34.3. The minimum atomic E-state index is -0.428. The van der Waals surface area contributed by atoms with Gasteiger partial charge in [0.25, 0.3) is 23.6 Å². The molecule has 0 atom stereocenters. The van der Waals surface area contributed by atoms with Gasteiger partial charge in [0.1, 0.15) is 23.0 Å². The van der Waals surface area contributed by atoms with Gasteiger partial charge in [-0.15, -0.1) is 0 Å². The molecule has 0 aromatic heterocycles. The standard InChI is InChI=1S/C38H28N2O6.C6H14.2C2H6/c1-22-4-10-25(11-5-22)40-36(43)31-19-17-29(21-33(31)37(40)44)46-27-14-8-24(9-15-27)38(2,3)23-6-12-26(13-7-23)45-28-16-18-30-32(20-28)35(42)39-34(30)41;1-4-6(3)5-2;2*1-2/h4-21H,1-3H3,(H,39,41,42);6H,4-5H2,1-3H3;2*1-2H3. The minimum absolute atomic E-state index is 0.303. The highest BCUT2D eigenvalue weighted by molar-refractivity contribution is 6.34. The summed E-state index contributed by atoms with van der Waals surface area (Å²) in [4.78, 5) is 51.2. The highest BCUT2D eigenvalue weighted by Gasteiger charge is 2.37. The maximum atomic E-state index is 13.2. The summed E-state index contributed by atoms with van der Waals surface area (Å²) in [6, 6.07) is 32.5. The summed E-state index contributed by atoms with van der Waals surface area (Å²) in [6.07, 6.45) is 2.66. The van der Waals surface area contributed by atoms with Crippen molar-refractivity contribution < 1.29 is 28.7 Å². The third-order valence-electron chi connectivity index (χ3n) is 9.87. The van der Waals surface area contributed by atoms with Gasteiger partial charge in [-0.1, -0.05) is 117 Å². The van der Waals surface area contributed by atoms with Crippen LogP contribution in [0.15, 0.2) is 109 Å². The molecule has 2 aliphatic rings. The number of carbonyl (C=O) groups is 4. The predicted molar refractivity (Wildman–Crippen MR) is 225 cm³/mol. The molecule has 8 nitrogen and oxygen atoms in total. The van der Waals surface area contributed by atoms with E-state index >= 15 is 0 Å². The fourth-order valence-electron chi connectivity index (χ4n) is 6.03. The smallest absolute Gasteiger partial charge is 0.266 e. The third-order valence-corrected chi connectivity index (χ3v) is 9.87. The second-order valence-electron chi connectivity index (χ2n) is 13.8. The fourth-order valence-corrected chi connectivity index (χ4v) is 6.03. The quantitative estimate of drug-likeness (QED) is 0.150. The Bertz CT molecular complexity index is 2150. The zero-order chi connectivity index (χ0) is 41.2. The lowest BCUT2D eigenvalue weighted by Gasteiger charge is -2.26. The summed E-state index contributed by atoms with van der Waals surface area (Å²) >= 11 is 0. The molecule has 8 heteroatoms. The van der Waals surface area contributed by atoms with Gasteiger partial charge >= 0.3 is 0 Å². The second-order valence-corrected chi connectivity index (χ2v) is 13.8. The van der Waals surface area contributed by atoms with Crippen LogP contribution >= 0.6 is 0 Å². The Labute approximate surface area is 331 Å². The summed E-state index contributed by atoms with van der Waals surface area (Å²) in [5.41, 5.74) is 4.66. The number of hydrogen-bond donors (Lipinski definition) is 1. The first-order valence-corrected chi connectivity index (χ1v) is 19.6. The lowest BCUT2D eigenvalue weighted by molar-refractivity contribution is 0.0874. The highest BCUT2D eigenvalue weighted by atomic mass is 16.5. The van der Waals surface area contributed by atoms with Crippen molar-refractivity contribution in [1.29, 1.82) is 0 Å². The van der Waals surface area contributed by atoms with E-state index in [1.807, 2.05) is 95.3 Å². The largest absolute Gasteiger partial charge is 0.457 e. The average molecular weight is 755 g/mol. The van der Waals surface area contributed by atoms with E-state index in [1.165, 1.54) is 17.7 Å². The Morgan fingerprint density at radius 3 is 1.43 bits per heavy atom. The van der Waals surface area contributed by atoms with Crippen molar-refractivity contribution in [3.63, 3.8) is 0 Å². The minimum Gasteiger partial charge on any atom is -0.457 e. The van der Waals surface area contributed by atoms with Crippen molar-refractivity contribution >= 4 is 29.3 Å². The van der Waals surface area contributed by atoms with Crippen LogP contribution < -0.4 is 19.7 Å². The number of ether oxygens (including phenoxy) is 2. The molecule has 1 N–H and O–H groups in total. The molecule has 4 amide bonds. The molecule has 0 saturated heterocycles. The summed E-state index contributed by atoms with van der Waals surface area (Å²) < 4.78 is 12.0. The van der Waals surface area contributed by atoms with E-state index in [2.05, 4.69) is 39.9 Å². The van der Waals surface area contributed by atoms with Crippen molar-refractivity contribution in [2.75, 3.05) is 4.90 Å². The van der Waals surface area contributed by atoms with E-state index in [9.17, 15) is 19.2 Å². The second kappa shape index (κ2) is 19.0. The van der Waals surface area contributed by atoms with Gasteiger partial charge in [0.2, 0.25) is 0 Å². The van der Waals surface area contributed by atoms with Crippen molar-refractivity contribution in [3.05, 3.63) is 148 Å². The lowest BCUT2D eigenvalue weighted by Crippen LogP contribution is -2.29. The van der Waals surface area contributed by atoms with Crippen LogP contribution in [0.1, 0.15) is 133 Å². The van der Waals surface area contributed by atoms with E-state index in [1.54, 1.807) is 48.5 Å². The van der Waals surface area contributed by atoms with Gasteiger partial charge in [-0.05, 0) is 96.8 Å². The van der Waals surface area contributed by atoms with E-state index in [0.717, 1.165) is 22.6 Å². The van der Waals surface area contributed by atoms with Gasteiger partial charge in [0.05, 0.1) is 27.9 Å². The fraction of sp³-hybridized carbons (Fsp3) is 0.292. The maximum absolute atomic E-state index is 13.2. The van der Waals surface area contributed by atoms with Crippen molar-refractivity contribution in [3.8, 4) is 23.0 Å². The van der Waals surface area contributed by atoms with Crippen LogP contribution in [0.2, 0.25) is 0 Å². The van der Waals surface area contributed by atoms with Crippen LogP contribution in [-0.4, -0.2) is 23.6 Å². The molecule has 5 aromatic carbocycles. The van der Waals surface area contributed by atoms with Crippen LogP contribution in [0.4, 0.5) is 5.69 Å². The maximum Gasteiger partial charge on any atom is 0.266 e. The number of benzene rings is 5. The molecule has 0 spiro atoms. The molecule has 5 aromatic rings. The molecule has 56 heavy (non-hydrogen) atoms. The molecule has 2 heterocycles. The number of anilines is 1. The Kier molecular flexibility index (Phi) is 14.5. The number of nitrogens with zero attached hydrogens (tertiary/aromatic N) is 1. The van der Waals surface area contributed by atoms with Gasteiger partial charge in [-0.25, -0.2) is 4.90 Å². The number of carbonyl (C=O) groups excluding carboxylic acids is 4. The van der Waals surface area contributed by atoms with Crippen LogP contribution in [0.25, 0.3) is 0 Å². The first kappa shape index (κ1) is 42.7. The van der Waals surface area contributed by atoms with Crippen LogP contribution in [0.5, 0.6) is 23.0 Å². The number of aryl methyl sites for hydroxylation is 1. The van der Waals surface area contributed by atoms with Crippen molar-refractivity contribution in [1.82, 2.24) is 5.32 Å². The number of imide groups is 2. The van der Waals surface area contributed by atoms with E-state index < -0.39 is 11.8 Å². The molecule has 0 bridgehead atoms. The van der Waals surface area contributed by atoms with Gasteiger partial charge in [0.15, 0.2) is 0 Å². The van der Waals surface area contributed by atoms with Gasteiger partial charge < -0.3 is 9.47 Å². The van der Waals surface area contributed by atoms with Gasteiger partial charge in [0, 0.05) is 5.41 Å². The van der Waals surface area contributed by atoms with Crippen molar-refractivity contribution in [2.45, 2.75) is 87.5 Å². The summed E-state index contributed by atoms with van der Waals surface area (Å²) in [6.45, 7) is 20.9. The number of fused-ring (bicyclic) bond motifs is 2. The summed E-state index contributed by atoms with van der Waals surface area (Å²) in [5.74, 6) is 1.51. The number of amides is 4. The molecule has 0 unspecified atom stereocenters. The highest BCUT2D eigenvalue weighted by Crippen LogP contribution is 2.36. The zero-order valence-corrected chi connectivity index (χ0v) is 34.3. The molecule has 7 rings (SSSR count). The Balaban J connectivity index is 0.000000630. The van der Waals surface area contributed by atoms with Gasteiger partial charge in [-0.2, -0.15) is 0 Å². The van der Waals surface area contributed by atoms with Gasteiger partial charge in [-0.3, -0.25) is 24.5 Å². The summed E-state index contributed by atoms with van der Waals surface area (Å²) in [5, 5.41) is 2.28. The first-order valence-electron chi connectivity index (χ1n) is 19.6. The molecule has 0 fully saturated rings. The molecule has 2 aliphatic heterocycles. The van der Waals surface area contributed by atoms with Crippen molar-refractivity contribution in [2.24, 2.45) is 5.92 Å². The molecular weight excluding hydrogens is 701 g/mol. The molecule has 0 aliphatic carbocycles. The first-order chi connectivity index (χ1) is 26.9. The molecule has 292 valence electrons. The molecule has 0 saturated carbocycles. The monoisotopic (exact) mass is 754 g/mol. The average Bonchev–Trinajstić information content (AvgIpc) is 3.65.